The van der Waals surface area contributed by atoms with Gasteiger partial charge in [-0.15, -0.1) is 0 Å². The van der Waals surface area contributed by atoms with E-state index in [1.54, 1.807) is 12.5 Å². The lowest BCUT2D eigenvalue weighted by Crippen LogP contribution is -2.45. The van der Waals surface area contributed by atoms with Crippen LogP contribution in [-0.2, 0) is 6.54 Å². The summed E-state index contributed by atoms with van der Waals surface area (Å²) >= 11 is 0. The maximum absolute atomic E-state index is 4.22. The normalized spacial score (nSPS) is 22.2. The zero-order valence-electron chi connectivity index (χ0n) is 9.89. The van der Waals surface area contributed by atoms with Crippen LogP contribution in [0.3, 0.4) is 0 Å². The summed E-state index contributed by atoms with van der Waals surface area (Å²) in [7, 11) is 0. The van der Waals surface area contributed by atoms with Crippen LogP contribution >= 0.6 is 0 Å². The zero-order valence-corrected chi connectivity index (χ0v) is 9.89. The molecule has 1 aromatic heterocycles. The topological polar surface area (TPSA) is 41.0 Å². The van der Waals surface area contributed by atoms with E-state index in [0.717, 1.165) is 18.8 Å². The third-order valence-corrected chi connectivity index (χ3v) is 3.17. The maximum Gasteiger partial charge on any atom is 0.115 e. The second kappa shape index (κ2) is 5.92. The highest BCUT2D eigenvalue weighted by molar-refractivity contribution is 4.97. The Balaban J connectivity index is 1.77. The van der Waals surface area contributed by atoms with Gasteiger partial charge in [-0.2, -0.15) is 0 Å². The van der Waals surface area contributed by atoms with Gasteiger partial charge in [-0.3, -0.25) is 0 Å². The van der Waals surface area contributed by atoms with Crippen molar-refractivity contribution in [3.63, 3.8) is 0 Å². The number of hydrogen-bond donors (Lipinski definition) is 1. The molecule has 1 fully saturated rings. The van der Waals surface area contributed by atoms with Gasteiger partial charge in [0.1, 0.15) is 6.33 Å². The quantitative estimate of drug-likeness (QED) is 0.823. The van der Waals surface area contributed by atoms with Crippen molar-refractivity contribution in [3.05, 3.63) is 24.3 Å². The lowest BCUT2D eigenvalue weighted by molar-refractivity contribution is 0.198. The van der Waals surface area contributed by atoms with E-state index in [2.05, 4.69) is 27.1 Å². The predicted octanol–water partition coefficient (Wildman–Crippen LogP) is 1.05. The molecular weight excluding hydrogens is 200 g/mol. The van der Waals surface area contributed by atoms with Crippen molar-refractivity contribution < 1.29 is 0 Å². The molecule has 0 spiro atoms. The molecule has 0 amide bonds. The molecule has 0 aromatic carbocycles. The molecule has 4 heteroatoms. The number of nitrogens with one attached hydrogen (secondary N) is 1. The first-order valence-electron chi connectivity index (χ1n) is 6.09. The number of rotatable bonds is 4. The van der Waals surface area contributed by atoms with Crippen molar-refractivity contribution >= 4 is 0 Å². The third-order valence-electron chi connectivity index (χ3n) is 3.17. The summed E-state index contributed by atoms with van der Waals surface area (Å²) in [6.45, 7) is 6.66. The predicted molar refractivity (Wildman–Crippen MR) is 64.0 cm³/mol. The highest BCUT2D eigenvalue weighted by atomic mass is 15.2. The third kappa shape index (κ3) is 3.25. The fourth-order valence-electron chi connectivity index (χ4n) is 2.18. The Labute approximate surface area is 97.1 Å². The van der Waals surface area contributed by atoms with Gasteiger partial charge in [0.05, 0.1) is 5.69 Å². The van der Waals surface area contributed by atoms with E-state index in [1.165, 1.54) is 25.9 Å². The molecule has 0 bridgehead atoms. The van der Waals surface area contributed by atoms with Gasteiger partial charge in [-0.05, 0) is 32.0 Å². The minimum absolute atomic E-state index is 0.615. The lowest BCUT2D eigenvalue weighted by atomic mass is 10.1. The van der Waals surface area contributed by atoms with Gasteiger partial charge in [0.15, 0.2) is 0 Å². The number of likely N-dealkylation sites (N-methyl/N-ethyl adjacent to an activating group) is 1. The molecule has 1 aliphatic rings. The van der Waals surface area contributed by atoms with Gasteiger partial charge in [-0.1, -0.05) is 6.92 Å². The first-order valence-corrected chi connectivity index (χ1v) is 6.09. The fourth-order valence-corrected chi connectivity index (χ4v) is 2.18. The molecule has 1 atom stereocenters. The van der Waals surface area contributed by atoms with Crippen LogP contribution in [0.1, 0.15) is 25.5 Å². The molecule has 0 aliphatic carbocycles. The van der Waals surface area contributed by atoms with Crippen molar-refractivity contribution in [2.75, 3.05) is 19.6 Å². The number of hydrogen-bond acceptors (Lipinski definition) is 4. The number of piperidine rings is 1. The highest BCUT2D eigenvalue weighted by Crippen LogP contribution is 2.09. The minimum atomic E-state index is 0.615. The summed E-state index contributed by atoms with van der Waals surface area (Å²) in [6, 6.07) is 2.58. The van der Waals surface area contributed by atoms with Gasteiger partial charge in [0.2, 0.25) is 0 Å². The van der Waals surface area contributed by atoms with Crippen molar-refractivity contribution in [1.82, 2.24) is 20.2 Å². The number of nitrogens with zero attached hydrogens (tertiary/aromatic N) is 3. The Kier molecular flexibility index (Phi) is 4.25. The van der Waals surface area contributed by atoms with E-state index < -0.39 is 0 Å². The molecular formula is C12H20N4. The molecule has 0 radical (unpaired) electrons. The van der Waals surface area contributed by atoms with E-state index in [1.807, 2.05) is 6.07 Å². The second-order valence-corrected chi connectivity index (χ2v) is 4.31. The molecule has 1 unspecified atom stereocenters. The van der Waals surface area contributed by atoms with Crippen LogP contribution in [0.15, 0.2) is 18.6 Å². The summed E-state index contributed by atoms with van der Waals surface area (Å²) in [5.74, 6) is 0. The van der Waals surface area contributed by atoms with Crippen molar-refractivity contribution in [2.45, 2.75) is 32.4 Å². The zero-order chi connectivity index (χ0) is 11.2. The van der Waals surface area contributed by atoms with Crippen LogP contribution in [-0.4, -0.2) is 40.5 Å². The van der Waals surface area contributed by atoms with Crippen molar-refractivity contribution in [2.24, 2.45) is 0 Å². The van der Waals surface area contributed by atoms with Crippen LogP contribution in [0, 0.1) is 0 Å². The molecule has 1 aromatic rings. The van der Waals surface area contributed by atoms with E-state index in [0.29, 0.717) is 6.04 Å². The van der Waals surface area contributed by atoms with Crippen LogP contribution < -0.4 is 5.32 Å². The molecule has 4 nitrogen and oxygen atoms in total. The molecule has 0 saturated carbocycles. The van der Waals surface area contributed by atoms with Crippen LogP contribution in [0.4, 0.5) is 0 Å². The summed E-state index contributed by atoms with van der Waals surface area (Å²) in [5, 5.41) is 3.57. The van der Waals surface area contributed by atoms with E-state index in [9.17, 15) is 0 Å². The Hall–Kier alpha value is -1.00. The number of likely N-dealkylation sites (tertiary alicyclic amines) is 1. The Bertz CT molecular complexity index is 301. The second-order valence-electron chi connectivity index (χ2n) is 4.31. The first-order chi connectivity index (χ1) is 7.88. The van der Waals surface area contributed by atoms with Crippen LogP contribution in [0.25, 0.3) is 0 Å². The Morgan fingerprint density at radius 3 is 3.25 bits per heavy atom. The van der Waals surface area contributed by atoms with Crippen molar-refractivity contribution in [3.8, 4) is 0 Å². The van der Waals surface area contributed by atoms with E-state index >= 15 is 0 Å². The molecule has 88 valence electrons. The molecule has 1 N–H and O–H groups in total. The number of aromatic nitrogens is 2. The summed E-state index contributed by atoms with van der Waals surface area (Å²) in [6.07, 6.45) is 5.98. The van der Waals surface area contributed by atoms with Gasteiger partial charge in [0, 0.05) is 25.3 Å². The standard InChI is InChI=1S/C12H20N4/c1-2-16-7-3-4-12(9-16)14-8-11-5-6-13-10-15-11/h5-6,10,12,14H,2-4,7-9H2,1H3. The van der Waals surface area contributed by atoms with Gasteiger partial charge < -0.3 is 10.2 Å². The van der Waals surface area contributed by atoms with Gasteiger partial charge in [0.25, 0.3) is 0 Å². The maximum atomic E-state index is 4.22. The summed E-state index contributed by atoms with van der Waals surface area (Å²) in [4.78, 5) is 10.6. The van der Waals surface area contributed by atoms with E-state index in [4.69, 9.17) is 0 Å². The smallest absolute Gasteiger partial charge is 0.115 e. The largest absolute Gasteiger partial charge is 0.307 e. The summed E-state index contributed by atoms with van der Waals surface area (Å²) in [5.41, 5.74) is 1.07. The average Bonchev–Trinajstić information content (AvgIpc) is 2.38. The minimum Gasteiger partial charge on any atom is -0.307 e. The van der Waals surface area contributed by atoms with Crippen LogP contribution in [0.2, 0.25) is 0 Å². The van der Waals surface area contributed by atoms with Gasteiger partial charge in [-0.25, -0.2) is 9.97 Å². The monoisotopic (exact) mass is 220 g/mol. The first kappa shape index (κ1) is 11.5. The average molecular weight is 220 g/mol. The molecule has 16 heavy (non-hydrogen) atoms. The summed E-state index contributed by atoms with van der Waals surface area (Å²) < 4.78 is 0. The fraction of sp³-hybridized carbons (Fsp3) is 0.667. The molecule has 1 aliphatic heterocycles. The Morgan fingerprint density at radius 1 is 1.56 bits per heavy atom. The van der Waals surface area contributed by atoms with Crippen molar-refractivity contribution in [1.29, 1.82) is 0 Å². The van der Waals surface area contributed by atoms with E-state index in [-0.39, 0.29) is 0 Å². The van der Waals surface area contributed by atoms with Gasteiger partial charge >= 0.3 is 0 Å². The Morgan fingerprint density at radius 2 is 2.50 bits per heavy atom. The molecule has 2 heterocycles. The molecule has 2 rings (SSSR count). The van der Waals surface area contributed by atoms with Crippen LogP contribution in [0.5, 0.6) is 0 Å². The molecule has 1 saturated heterocycles. The SMILES string of the molecule is CCN1CCCC(NCc2ccncn2)C1. The highest BCUT2D eigenvalue weighted by Gasteiger charge is 2.17. The lowest BCUT2D eigenvalue weighted by Gasteiger charge is -2.32.